The highest BCUT2D eigenvalue weighted by Crippen LogP contribution is 2.29. The molecule has 0 heterocycles. The van der Waals surface area contributed by atoms with E-state index >= 15 is 0 Å². The number of thioether (sulfide) groups is 1. The first kappa shape index (κ1) is 19.3. The molecule has 3 nitrogen and oxygen atoms in total. The van der Waals surface area contributed by atoms with Crippen molar-refractivity contribution in [3.63, 3.8) is 0 Å². The Morgan fingerprint density at radius 3 is 2.68 bits per heavy atom. The summed E-state index contributed by atoms with van der Waals surface area (Å²) >= 11 is 7.26. The Labute approximate surface area is 152 Å². The Morgan fingerprint density at radius 2 is 1.96 bits per heavy atom. The van der Waals surface area contributed by atoms with Crippen LogP contribution in [0.4, 0.5) is 13.2 Å². The summed E-state index contributed by atoms with van der Waals surface area (Å²) in [6.45, 7) is 0. The Kier molecular flexibility index (Phi) is 6.90. The number of amides is 1. The van der Waals surface area contributed by atoms with Crippen LogP contribution in [-0.2, 0) is 16.7 Å². The Balaban J connectivity index is 1.79. The van der Waals surface area contributed by atoms with E-state index in [1.165, 1.54) is 30.1 Å². The molecule has 8 heteroatoms. The van der Waals surface area contributed by atoms with Crippen molar-refractivity contribution in [1.82, 2.24) is 5.43 Å². The van der Waals surface area contributed by atoms with E-state index in [9.17, 15) is 18.0 Å². The van der Waals surface area contributed by atoms with E-state index in [-0.39, 0.29) is 17.2 Å². The lowest BCUT2D eigenvalue weighted by atomic mass is 10.1. The van der Waals surface area contributed by atoms with Gasteiger partial charge in [0, 0.05) is 10.8 Å². The van der Waals surface area contributed by atoms with Crippen LogP contribution in [0, 0.1) is 0 Å². The summed E-state index contributed by atoms with van der Waals surface area (Å²) in [5.41, 5.74) is 2.77. The summed E-state index contributed by atoms with van der Waals surface area (Å²) in [7, 11) is 0. The molecule has 2 rings (SSSR count). The van der Waals surface area contributed by atoms with E-state index in [1.807, 2.05) is 18.2 Å². The lowest BCUT2D eigenvalue weighted by molar-refractivity contribution is -0.137. The Hall–Kier alpha value is -1.99. The number of benzene rings is 2. The van der Waals surface area contributed by atoms with Crippen LogP contribution in [0.25, 0.3) is 0 Å². The minimum atomic E-state index is -4.41. The smallest absolute Gasteiger partial charge is 0.272 e. The second-order valence-electron chi connectivity index (χ2n) is 5.04. The third kappa shape index (κ3) is 6.80. The minimum absolute atomic E-state index is 0.173. The van der Waals surface area contributed by atoms with Gasteiger partial charge in [0.15, 0.2) is 0 Å². The van der Waals surface area contributed by atoms with Crippen LogP contribution in [0.5, 0.6) is 0 Å². The molecule has 132 valence electrons. The minimum Gasteiger partial charge on any atom is -0.272 e. The van der Waals surface area contributed by atoms with Gasteiger partial charge < -0.3 is 0 Å². The lowest BCUT2D eigenvalue weighted by Gasteiger charge is -2.06. The fourth-order valence-electron chi connectivity index (χ4n) is 1.89. The molecule has 0 saturated heterocycles. The molecule has 0 aliphatic heterocycles. The van der Waals surface area contributed by atoms with Gasteiger partial charge in [0.1, 0.15) is 0 Å². The molecule has 2 aromatic carbocycles. The van der Waals surface area contributed by atoms with Crippen LogP contribution in [0.2, 0.25) is 5.02 Å². The number of nitrogens with zero attached hydrogens (tertiary/aromatic N) is 1. The third-order valence-electron chi connectivity index (χ3n) is 3.01. The highest BCUT2D eigenvalue weighted by molar-refractivity contribution is 7.99. The summed E-state index contributed by atoms with van der Waals surface area (Å²) in [6.07, 6.45) is -3.24. The number of hydrazone groups is 1. The molecule has 2 aromatic rings. The molecule has 0 aliphatic rings. The van der Waals surface area contributed by atoms with Gasteiger partial charge in [-0.05, 0) is 35.4 Å². The van der Waals surface area contributed by atoms with Crippen molar-refractivity contribution in [2.45, 2.75) is 11.9 Å². The molecule has 0 unspecified atom stereocenters. The molecule has 0 spiro atoms. The SMILES string of the molecule is O=C(CSCc1cccc(Cl)c1)N/N=C/c1cccc(C(F)(F)F)c1. The largest absolute Gasteiger partial charge is 0.416 e. The second kappa shape index (κ2) is 8.92. The van der Waals surface area contributed by atoms with Gasteiger partial charge in [-0.25, -0.2) is 5.43 Å². The predicted molar refractivity (Wildman–Crippen MR) is 94.8 cm³/mol. The van der Waals surface area contributed by atoms with E-state index < -0.39 is 11.7 Å². The molecular formula is C17H14ClF3N2OS. The van der Waals surface area contributed by atoms with E-state index in [0.29, 0.717) is 10.8 Å². The average molecular weight is 387 g/mol. The number of hydrogen-bond donors (Lipinski definition) is 1. The van der Waals surface area contributed by atoms with Crippen molar-refractivity contribution >= 4 is 35.5 Å². The molecule has 0 fully saturated rings. The Bertz CT molecular complexity index is 766. The molecular weight excluding hydrogens is 373 g/mol. The van der Waals surface area contributed by atoms with Gasteiger partial charge >= 0.3 is 6.18 Å². The van der Waals surface area contributed by atoms with Gasteiger partial charge in [0.05, 0.1) is 17.5 Å². The summed E-state index contributed by atoms with van der Waals surface area (Å²) in [4.78, 5) is 11.7. The molecule has 0 saturated carbocycles. The van der Waals surface area contributed by atoms with Crippen molar-refractivity contribution in [2.24, 2.45) is 5.10 Å². The molecule has 0 aliphatic carbocycles. The number of rotatable bonds is 6. The standard InChI is InChI=1S/C17H14ClF3N2OS/c18-15-6-2-4-13(8-15)10-25-11-16(24)23-22-9-12-3-1-5-14(7-12)17(19,20)21/h1-9H,10-11H2,(H,23,24)/b22-9+. The molecule has 0 aromatic heterocycles. The zero-order chi connectivity index (χ0) is 18.3. The number of carbonyl (C=O) groups is 1. The monoisotopic (exact) mass is 386 g/mol. The molecule has 0 radical (unpaired) electrons. The van der Waals surface area contributed by atoms with Crippen molar-refractivity contribution < 1.29 is 18.0 Å². The summed E-state index contributed by atoms with van der Waals surface area (Å²) in [5.74, 6) is 0.452. The van der Waals surface area contributed by atoms with Crippen molar-refractivity contribution in [2.75, 3.05) is 5.75 Å². The maximum atomic E-state index is 12.6. The average Bonchev–Trinajstić information content (AvgIpc) is 2.54. The maximum absolute atomic E-state index is 12.6. The zero-order valence-electron chi connectivity index (χ0n) is 12.9. The van der Waals surface area contributed by atoms with E-state index in [4.69, 9.17) is 11.6 Å². The quantitative estimate of drug-likeness (QED) is 0.575. The fraction of sp³-hybridized carbons (Fsp3) is 0.176. The van der Waals surface area contributed by atoms with Gasteiger partial charge in [0.25, 0.3) is 0 Å². The van der Waals surface area contributed by atoms with Gasteiger partial charge in [-0.2, -0.15) is 18.3 Å². The first-order valence-corrected chi connectivity index (χ1v) is 8.69. The molecule has 25 heavy (non-hydrogen) atoms. The van der Waals surface area contributed by atoms with Crippen LogP contribution >= 0.6 is 23.4 Å². The van der Waals surface area contributed by atoms with E-state index in [0.717, 1.165) is 17.7 Å². The first-order valence-electron chi connectivity index (χ1n) is 7.16. The van der Waals surface area contributed by atoms with Gasteiger partial charge in [0.2, 0.25) is 5.91 Å². The van der Waals surface area contributed by atoms with Gasteiger partial charge in [-0.3, -0.25) is 4.79 Å². The predicted octanol–water partition coefficient (Wildman–Crippen LogP) is 4.74. The van der Waals surface area contributed by atoms with Crippen molar-refractivity contribution in [3.05, 3.63) is 70.2 Å². The highest BCUT2D eigenvalue weighted by Gasteiger charge is 2.30. The number of nitrogens with one attached hydrogen (secondary N) is 1. The fourth-order valence-corrected chi connectivity index (χ4v) is 2.87. The van der Waals surface area contributed by atoms with Crippen LogP contribution in [0.1, 0.15) is 16.7 Å². The molecule has 0 bridgehead atoms. The highest BCUT2D eigenvalue weighted by atomic mass is 35.5. The van der Waals surface area contributed by atoms with Crippen LogP contribution < -0.4 is 5.43 Å². The summed E-state index contributed by atoms with van der Waals surface area (Å²) in [6, 6.07) is 12.0. The molecule has 0 atom stereocenters. The number of carbonyl (C=O) groups excluding carboxylic acids is 1. The summed E-state index contributed by atoms with van der Waals surface area (Å²) in [5, 5.41) is 4.31. The lowest BCUT2D eigenvalue weighted by Crippen LogP contribution is -2.19. The second-order valence-corrected chi connectivity index (χ2v) is 6.46. The molecule has 1 amide bonds. The van der Waals surface area contributed by atoms with E-state index in [2.05, 4.69) is 10.5 Å². The molecule has 1 N–H and O–H groups in total. The topological polar surface area (TPSA) is 41.5 Å². The van der Waals surface area contributed by atoms with Crippen LogP contribution in [0.3, 0.4) is 0 Å². The van der Waals surface area contributed by atoms with Gasteiger partial charge in [-0.1, -0.05) is 35.9 Å². The number of alkyl halides is 3. The number of halogens is 4. The maximum Gasteiger partial charge on any atom is 0.416 e. The van der Waals surface area contributed by atoms with Crippen molar-refractivity contribution in [3.8, 4) is 0 Å². The number of hydrogen-bond acceptors (Lipinski definition) is 3. The zero-order valence-corrected chi connectivity index (χ0v) is 14.5. The van der Waals surface area contributed by atoms with Crippen LogP contribution in [0.15, 0.2) is 53.6 Å². The van der Waals surface area contributed by atoms with E-state index in [1.54, 1.807) is 6.07 Å². The first-order chi connectivity index (χ1) is 11.8. The van der Waals surface area contributed by atoms with Gasteiger partial charge in [-0.15, -0.1) is 11.8 Å². The normalized spacial score (nSPS) is 11.7. The third-order valence-corrected chi connectivity index (χ3v) is 4.25. The van der Waals surface area contributed by atoms with Crippen LogP contribution in [-0.4, -0.2) is 17.9 Å². The summed E-state index contributed by atoms with van der Waals surface area (Å²) < 4.78 is 37.8. The Morgan fingerprint density at radius 1 is 1.20 bits per heavy atom. The van der Waals surface area contributed by atoms with Crippen molar-refractivity contribution in [1.29, 1.82) is 0 Å².